The second-order valence-corrected chi connectivity index (χ2v) is 6.63. The third-order valence-corrected chi connectivity index (χ3v) is 3.58. The van der Waals surface area contributed by atoms with Crippen LogP contribution < -0.4 is 10.6 Å². The molecule has 1 atom stereocenters. The second kappa shape index (κ2) is 10.5. The number of anilines is 1. The number of ether oxygens (including phenoxy) is 1. The summed E-state index contributed by atoms with van der Waals surface area (Å²) >= 11 is 0. The molecule has 0 aliphatic heterocycles. The number of esters is 1. The fourth-order valence-electron chi connectivity index (χ4n) is 2.36. The minimum Gasteiger partial charge on any atom is -0.452 e. The maximum absolute atomic E-state index is 12.0. The lowest BCUT2D eigenvalue weighted by Gasteiger charge is -2.14. The van der Waals surface area contributed by atoms with E-state index in [9.17, 15) is 14.4 Å². The lowest BCUT2D eigenvalue weighted by molar-refractivity contribution is -0.124. The van der Waals surface area contributed by atoms with E-state index in [0.717, 1.165) is 19.3 Å². The molecule has 0 radical (unpaired) electrons. The minimum absolute atomic E-state index is 0.0491. The van der Waals surface area contributed by atoms with E-state index in [1.54, 1.807) is 18.2 Å². The number of hydrogen-bond acceptors (Lipinski definition) is 4. The third-order valence-electron chi connectivity index (χ3n) is 3.58. The summed E-state index contributed by atoms with van der Waals surface area (Å²) in [5, 5.41) is 5.42. The fraction of sp³-hybridized carbons (Fsp3) is 0.526. The molecule has 0 saturated carbocycles. The summed E-state index contributed by atoms with van der Waals surface area (Å²) in [5.74, 6) is -0.494. The zero-order chi connectivity index (χ0) is 18.8. The Hall–Kier alpha value is -2.37. The van der Waals surface area contributed by atoms with Crippen molar-refractivity contribution >= 4 is 23.5 Å². The molecule has 0 aliphatic carbocycles. The van der Waals surface area contributed by atoms with Crippen LogP contribution in [0.4, 0.5) is 5.69 Å². The minimum atomic E-state index is -0.602. The molecule has 1 rings (SSSR count). The number of amides is 2. The second-order valence-electron chi connectivity index (χ2n) is 6.63. The molecule has 0 fully saturated rings. The van der Waals surface area contributed by atoms with Gasteiger partial charge in [0, 0.05) is 18.7 Å². The zero-order valence-electron chi connectivity index (χ0n) is 15.4. The Kier molecular flexibility index (Phi) is 8.67. The van der Waals surface area contributed by atoms with Gasteiger partial charge in [-0.05, 0) is 37.5 Å². The highest BCUT2D eigenvalue weighted by Crippen LogP contribution is 2.12. The zero-order valence-corrected chi connectivity index (χ0v) is 15.4. The summed E-state index contributed by atoms with van der Waals surface area (Å²) in [5.41, 5.74) is 0.786. The van der Waals surface area contributed by atoms with E-state index in [1.165, 1.54) is 13.0 Å². The van der Waals surface area contributed by atoms with Crippen LogP contribution >= 0.6 is 0 Å². The Bertz CT molecular complexity index is 599. The van der Waals surface area contributed by atoms with Gasteiger partial charge in [0.2, 0.25) is 5.91 Å². The fourth-order valence-corrected chi connectivity index (χ4v) is 2.36. The Morgan fingerprint density at radius 2 is 1.84 bits per heavy atom. The lowest BCUT2D eigenvalue weighted by atomic mass is 10.0. The van der Waals surface area contributed by atoms with Crippen molar-refractivity contribution in [3.8, 4) is 0 Å². The molecule has 2 N–H and O–H groups in total. The van der Waals surface area contributed by atoms with Crippen LogP contribution in [0.2, 0.25) is 0 Å². The topological polar surface area (TPSA) is 84.5 Å². The summed E-state index contributed by atoms with van der Waals surface area (Å²) in [6, 6.07) is 6.44. The molecule has 25 heavy (non-hydrogen) atoms. The highest BCUT2D eigenvalue weighted by Gasteiger charge is 2.13. The van der Waals surface area contributed by atoms with Crippen LogP contribution in [-0.2, 0) is 14.3 Å². The highest BCUT2D eigenvalue weighted by molar-refractivity contribution is 5.94. The first-order chi connectivity index (χ1) is 11.8. The molecule has 0 heterocycles. The monoisotopic (exact) mass is 348 g/mol. The van der Waals surface area contributed by atoms with Gasteiger partial charge in [-0.1, -0.05) is 32.8 Å². The van der Waals surface area contributed by atoms with E-state index in [0.29, 0.717) is 11.6 Å². The molecule has 138 valence electrons. The van der Waals surface area contributed by atoms with E-state index in [2.05, 4.69) is 24.5 Å². The van der Waals surface area contributed by atoms with Gasteiger partial charge in [-0.2, -0.15) is 0 Å². The van der Waals surface area contributed by atoms with Crippen molar-refractivity contribution in [3.63, 3.8) is 0 Å². The molecule has 1 aromatic carbocycles. The SMILES string of the molecule is CC(=O)Nc1cccc(C(=O)OCC(=O)N[C@@H](C)CCCC(C)C)c1. The molecule has 0 aliphatic rings. The maximum atomic E-state index is 12.0. The van der Waals surface area contributed by atoms with Crippen molar-refractivity contribution in [2.45, 2.75) is 53.0 Å². The number of carbonyl (C=O) groups is 3. The van der Waals surface area contributed by atoms with Crippen molar-refractivity contribution in [1.29, 1.82) is 0 Å². The summed E-state index contributed by atoms with van der Waals surface area (Å²) in [4.78, 5) is 34.9. The molecule has 0 unspecified atom stereocenters. The van der Waals surface area contributed by atoms with Crippen LogP contribution in [0.15, 0.2) is 24.3 Å². The van der Waals surface area contributed by atoms with E-state index < -0.39 is 5.97 Å². The maximum Gasteiger partial charge on any atom is 0.338 e. The Balaban J connectivity index is 2.40. The van der Waals surface area contributed by atoms with Gasteiger partial charge in [0.05, 0.1) is 5.56 Å². The molecule has 0 saturated heterocycles. The van der Waals surface area contributed by atoms with Crippen molar-refractivity contribution in [1.82, 2.24) is 5.32 Å². The van der Waals surface area contributed by atoms with Crippen LogP contribution in [0.1, 0.15) is 57.3 Å². The van der Waals surface area contributed by atoms with Crippen LogP contribution in [0.5, 0.6) is 0 Å². The molecule has 0 aromatic heterocycles. The largest absolute Gasteiger partial charge is 0.452 e. The molecular formula is C19H28N2O4. The summed E-state index contributed by atoms with van der Waals surface area (Å²) in [7, 11) is 0. The van der Waals surface area contributed by atoms with Gasteiger partial charge in [-0.15, -0.1) is 0 Å². The van der Waals surface area contributed by atoms with Crippen LogP contribution in [0.25, 0.3) is 0 Å². The summed E-state index contributed by atoms with van der Waals surface area (Å²) < 4.78 is 5.03. The number of carbonyl (C=O) groups excluding carboxylic acids is 3. The first kappa shape index (κ1) is 20.7. The lowest BCUT2D eigenvalue weighted by Crippen LogP contribution is -2.35. The number of rotatable bonds is 9. The van der Waals surface area contributed by atoms with Gasteiger partial charge in [0.25, 0.3) is 5.91 Å². The number of benzene rings is 1. The molecule has 6 nitrogen and oxygen atoms in total. The van der Waals surface area contributed by atoms with Gasteiger partial charge >= 0.3 is 5.97 Å². The van der Waals surface area contributed by atoms with Gasteiger partial charge in [-0.25, -0.2) is 4.79 Å². The Morgan fingerprint density at radius 1 is 1.12 bits per heavy atom. The Labute approximate surface area is 149 Å². The Morgan fingerprint density at radius 3 is 2.48 bits per heavy atom. The summed E-state index contributed by atoms with van der Waals surface area (Å²) in [6.07, 6.45) is 3.07. The standard InChI is InChI=1S/C19H28N2O4/c1-13(2)7-5-8-14(3)20-18(23)12-25-19(24)16-9-6-10-17(11-16)21-15(4)22/h6,9-11,13-14H,5,7-8,12H2,1-4H3,(H,20,23)(H,21,22)/t14-/m0/s1. The normalized spacial score (nSPS) is 11.7. The smallest absolute Gasteiger partial charge is 0.338 e. The molecule has 0 spiro atoms. The molecule has 2 amide bonds. The van der Waals surface area contributed by atoms with Crippen LogP contribution in [0.3, 0.4) is 0 Å². The van der Waals surface area contributed by atoms with Crippen molar-refractivity contribution < 1.29 is 19.1 Å². The average molecular weight is 348 g/mol. The first-order valence-electron chi connectivity index (χ1n) is 8.62. The molecular weight excluding hydrogens is 320 g/mol. The number of hydrogen-bond donors (Lipinski definition) is 2. The van der Waals surface area contributed by atoms with E-state index in [-0.39, 0.29) is 30.0 Å². The van der Waals surface area contributed by atoms with E-state index in [4.69, 9.17) is 4.74 Å². The number of nitrogens with one attached hydrogen (secondary N) is 2. The van der Waals surface area contributed by atoms with Gasteiger partial charge < -0.3 is 15.4 Å². The predicted molar refractivity (Wildman–Crippen MR) is 97.3 cm³/mol. The van der Waals surface area contributed by atoms with Gasteiger partial charge in [0.15, 0.2) is 6.61 Å². The highest BCUT2D eigenvalue weighted by atomic mass is 16.5. The van der Waals surface area contributed by atoms with E-state index >= 15 is 0 Å². The molecule has 0 bridgehead atoms. The summed E-state index contributed by atoms with van der Waals surface area (Å²) in [6.45, 7) is 7.35. The van der Waals surface area contributed by atoms with Gasteiger partial charge in [0.1, 0.15) is 0 Å². The molecule has 6 heteroatoms. The van der Waals surface area contributed by atoms with Crippen LogP contribution in [0, 0.1) is 5.92 Å². The quantitative estimate of drug-likeness (QED) is 0.672. The molecule has 1 aromatic rings. The first-order valence-corrected chi connectivity index (χ1v) is 8.62. The van der Waals surface area contributed by atoms with Gasteiger partial charge in [-0.3, -0.25) is 9.59 Å². The van der Waals surface area contributed by atoms with E-state index in [1.807, 2.05) is 6.92 Å². The van der Waals surface area contributed by atoms with Crippen LogP contribution in [-0.4, -0.2) is 30.4 Å². The third kappa shape index (κ3) is 8.88. The van der Waals surface area contributed by atoms with Crippen molar-refractivity contribution in [2.75, 3.05) is 11.9 Å². The van der Waals surface area contributed by atoms with Crippen molar-refractivity contribution in [2.24, 2.45) is 5.92 Å². The predicted octanol–water partition coefficient (Wildman–Crippen LogP) is 3.13. The van der Waals surface area contributed by atoms with Crippen molar-refractivity contribution in [3.05, 3.63) is 29.8 Å². The average Bonchev–Trinajstić information content (AvgIpc) is 2.51.